The van der Waals surface area contributed by atoms with Crippen molar-refractivity contribution in [3.63, 3.8) is 0 Å². The maximum Gasteiger partial charge on any atom is 0.274 e. The van der Waals surface area contributed by atoms with Crippen LogP contribution in [-0.4, -0.2) is 60.9 Å². The van der Waals surface area contributed by atoms with E-state index in [1.54, 1.807) is 0 Å². The largest absolute Gasteiger partial charge is 0.329 e. The predicted octanol–water partition coefficient (Wildman–Crippen LogP) is 2.06. The monoisotopic (exact) mass is 471 g/mol. The Morgan fingerprint density at radius 2 is 1.93 bits per heavy atom. The molecule has 2 heterocycles. The van der Waals surface area contributed by atoms with Crippen molar-refractivity contribution in [2.24, 2.45) is 0 Å². The van der Waals surface area contributed by atoms with Gasteiger partial charge in [0.25, 0.3) is 5.91 Å². The molecule has 0 saturated carbocycles. The molecule has 1 aliphatic rings. The number of aryl methyl sites for hydroxylation is 1. The molecule has 0 aliphatic carbocycles. The maximum absolute atomic E-state index is 13.4. The number of sulfone groups is 2. The average Bonchev–Trinajstić information content (AvgIpc) is 3.06. The summed E-state index contributed by atoms with van der Waals surface area (Å²) in [6.07, 6.45) is 1.38. The van der Waals surface area contributed by atoms with E-state index in [9.17, 15) is 21.6 Å². The lowest BCUT2D eigenvalue weighted by atomic mass is 10.1. The quantitative estimate of drug-likeness (QED) is 0.592. The lowest BCUT2D eigenvalue weighted by Gasteiger charge is -2.28. The number of hydrogen-bond acceptors (Lipinski definition) is 7. The molecule has 1 aromatic carbocycles. The van der Waals surface area contributed by atoms with Crippen molar-refractivity contribution in [2.75, 3.05) is 17.3 Å². The van der Waals surface area contributed by atoms with E-state index in [2.05, 4.69) is 9.97 Å². The fraction of sp³-hybridized carbons (Fsp3) is 0.421. The molecule has 1 amide bonds. The number of carbonyl (C=O) groups is 1. The van der Waals surface area contributed by atoms with Crippen molar-refractivity contribution in [1.29, 1.82) is 0 Å². The lowest BCUT2D eigenvalue weighted by Crippen LogP contribution is -2.41. The second-order valence-electron chi connectivity index (χ2n) is 7.23. The average molecular weight is 472 g/mol. The molecular formula is C19H22ClN3O5S2. The van der Waals surface area contributed by atoms with Gasteiger partial charge in [0.15, 0.2) is 15.5 Å². The Morgan fingerprint density at radius 1 is 1.27 bits per heavy atom. The molecule has 162 valence electrons. The molecule has 3 rings (SSSR count). The molecular weight excluding hydrogens is 450 g/mol. The Balaban J connectivity index is 2.01. The third-order valence-corrected chi connectivity index (χ3v) is 8.51. The molecule has 0 unspecified atom stereocenters. The first-order valence-electron chi connectivity index (χ1n) is 9.34. The van der Waals surface area contributed by atoms with Crippen LogP contribution < -0.4 is 0 Å². The Labute approximate surface area is 181 Å². The summed E-state index contributed by atoms with van der Waals surface area (Å²) in [5.41, 5.74) is 1.60. The summed E-state index contributed by atoms with van der Waals surface area (Å²) in [6, 6.07) is 6.95. The lowest BCUT2D eigenvalue weighted by molar-refractivity contribution is 0.0674. The van der Waals surface area contributed by atoms with E-state index in [0.29, 0.717) is 6.42 Å². The number of halogens is 1. The summed E-state index contributed by atoms with van der Waals surface area (Å²) in [7, 11) is -7.00. The minimum atomic E-state index is -3.75. The summed E-state index contributed by atoms with van der Waals surface area (Å²) >= 11 is 6.13. The normalized spacial score (nSPS) is 18.3. The van der Waals surface area contributed by atoms with E-state index in [4.69, 9.17) is 11.6 Å². The topological polar surface area (TPSA) is 114 Å². The highest BCUT2D eigenvalue weighted by molar-refractivity contribution is 7.91. The first-order valence-corrected chi connectivity index (χ1v) is 13.2. The van der Waals surface area contributed by atoms with Gasteiger partial charge in [-0.15, -0.1) is 0 Å². The summed E-state index contributed by atoms with van der Waals surface area (Å²) in [4.78, 5) is 22.4. The van der Waals surface area contributed by atoms with Crippen molar-refractivity contribution in [3.05, 3.63) is 52.3 Å². The molecule has 0 N–H and O–H groups in total. The van der Waals surface area contributed by atoms with Crippen LogP contribution in [0.4, 0.5) is 0 Å². The molecule has 11 heteroatoms. The van der Waals surface area contributed by atoms with Gasteiger partial charge in [0, 0.05) is 12.6 Å². The van der Waals surface area contributed by atoms with Crippen molar-refractivity contribution in [3.8, 4) is 0 Å². The Morgan fingerprint density at radius 3 is 2.50 bits per heavy atom. The van der Waals surface area contributed by atoms with Crippen molar-refractivity contribution in [2.45, 2.75) is 38.0 Å². The second-order valence-corrected chi connectivity index (χ2v) is 12.0. The van der Waals surface area contributed by atoms with Crippen LogP contribution in [0.2, 0.25) is 5.02 Å². The Kier molecular flexibility index (Phi) is 6.49. The molecule has 1 saturated heterocycles. The third kappa shape index (κ3) is 4.98. The van der Waals surface area contributed by atoms with Gasteiger partial charge in [-0.2, -0.15) is 0 Å². The van der Waals surface area contributed by atoms with Crippen LogP contribution in [0.3, 0.4) is 0 Å². The van der Waals surface area contributed by atoms with E-state index < -0.39 is 36.8 Å². The SMILES string of the molecule is CCS(=O)(=O)c1ncc(Cl)c(C(=O)N(Cc2ccc(C)cc2)[C@H]2CCS(=O)(=O)C2)n1. The fourth-order valence-electron chi connectivity index (χ4n) is 3.19. The van der Waals surface area contributed by atoms with Crippen molar-refractivity contribution in [1.82, 2.24) is 14.9 Å². The highest BCUT2D eigenvalue weighted by Gasteiger charge is 2.36. The zero-order valence-electron chi connectivity index (χ0n) is 16.6. The summed E-state index contributed by atoms with van der Waals surface area (Å²) in [6.45, 7) is 3.53. The zero-order chi connectivity index (χ0) is 22.1. The number of amides is 1. The maximum atomic E-state index is 13.4. The minimum absolute atomic E-state index is 0.0116. The van der Waals surface area contributed by atoms with Gasteiger partial charge in [-0.1, -0.05) is 48.4 Å². The summed E-state index contributed by atoms with van der Waals surface area (Å²) in [5, 5.41) is -0.572. The zero-order valence-corrected chi connectivity index (χ0v) is 19.0. The van der Waals surface area contributed by atoms with Gasteiger partial charge in [-0.3, -0.25) is 4.79 Å². The molecule has 0 bridgehead atoms. The van der Waals surface area contributed by atoms with Gasteiger partial charge in [-0.25, -0.2) is 26.8 Å². The van der Waals surface area contributed by atoms with Gasteiger partial charge in [0.05, 0.1) is 28.5 Å². The van der Waals surface area contributed by atoms with Crippen molar-refractivity contribution < 1.29 is 21.6 Å². The number of hydrogen-bond donors (Lipinski definition) is 0. The van der Waals surface area contributed by atoms with Crippen LogP contribution in [0.25, 0.3) is 0 Å². The first kappa shape index (κ1) is 22.6. The molecule has 1 fully saturated rings. The van der Waals surface area contributed by atoms with Gasteiger partial charge >= 0.3 is 0 Å². The number of benzene rings is 1. The fourth-order valence-corrected chi connectivity index (χ4v) is 5.80. The predicted molar refractivity (Wildman–Crippen MR) is 113 cm³/mol. The summed E-state index contributed by atoms with van der Waals surface area (Å²) in [5.74, 6) is -1.02. The van der Waals surface area contributed by atoms with Gasteiger partial charge < -0.3 is 4.90 Å². The van der Waals surface area contributed by atoms with Crippen LogP contribution in [0.1, 0.15) is 35.0 Å². The molecule has 2 aromatic rings. The molecule has 0 spiro atoms. The Hall–Kier alpha value is -2.04. The number of carbonyl (C=O) groups excluding carboxylic acids is 1. The molecule has 1 aliphatic heterocycles. The second kappa shape index (κ2) is 8.60. The van der Waals surface area contributed by atoms with Crippen LogP contribution in [0, 0.1) is 6.92 Å². The van der Waals surface area contributed by atoms with E-state index >= 15 is 0 Å². The van der Waals surface area contributed by atoms with E-state index in [-0.39, 0.29) is 34.5 Å². The van der Waals surface area contributed by atoms with Crippen LogP contribution in [0.15, 0.2) is 35.6 Å². The highest BCUT2D eigenvalue weighted by atomic mass is 35.5. The number of aromatic nitrogens is 2. The van der Waals surface area contributed by atoms with Gasteiger partial charge in [0.2, 0.25) is 15.0 Å². The van der Waals surface area contributed by atoms with Crippen LogP contribution in [0.5, 0.6) is 0 Å². The highest BCUT2D eigenvalue weighted by Crippen LogP contribution is 2.25. The minimum Gasteiger partial charge on any atom is -0.329 e. The third-order valence-electron chi connectivity index (χ3n) is 4.97. The Bertz CT molecular complexity index is 1170. The van der Waals surface area contributed by atoms with E-state index in [1.807, 2.05) is 31.2 Å². The van der Waals surface area contributed by atoms with Gasteiger partial charge in [-0.05, 0) is 18.9 Å². The van der Waals surface area contributed by atoms with Crippen LogP contribution >= 0.6 is 11.6 Å². The number of nitrogens with zero attached hydrogens (tertiary/aromatic N) is 3. The first-order chi connectivity index (χ1) is 14.0. The van der Waals surface area contributed by atoms with E-state index in [0.717, 1.165) is 17.3 Å². The number of rotatable bonds is 6. The molecule has 0 radical (unpaired) electrons. The van der Waals surface area contributed by atoms with E-state index in [1.165, 1.54) is 11.8 Å². The molecule has 30 heavy (non-hydrogen) atoms. The van der Waals surface area contributed by atoms with Gasteiger partial charge in [0.1, 0.15) is 0 Å². The smallest absolute Gasteiger partial charge is 0.274 e. The molecule has 1 atom stereocenters. The molecule has 1 aromatic heterocycles. The molecule has 8 nitrogen and oxygen atoms in total. The van der Waals surface area contributed by atoms with Crippen LogP contribution in [-0.2, 0) is 26.2 Å². The standard InChI is InChI=1S/C19H22ClN3O5S2/c1-3-30(27,28)19-21-10-16(20)17(22-19)18(24)23(15-8-9-29(25,26)12-15)11-14-6-4-13(2)5-7-14/h4-7,10,15H,3,8-9,11-12H2,1-2H3/t15-/m0/s1. The summed E-state index contributed by atoms with van der Waals surface area (Å²) < 4.78 is 48.3. The van der Waals surface area contributed by atoms with Crippen molar-refractivity contribution >= 4 is 37.2 Å².